The van der Waals surface area contributed by atoms with E-state index in [-0.39, 0.29) is 18.4 Å². The normalized spacial score (nSPS) is 11.7. The highest BCUT2D eigenvalue weighted by atomic mass is 16.5. The molecular weight excluding hydrogens is 436 g/mol. The number of carbonyl (C=O) groups excluding carboxylic acids is 2. The van der Waals surface area contributed by atoms with E-state index >= 15 is 0 Å². The minimum Gasteiger partial charge on any atom is -0.484 e. The van der Waals surface area contributed by atoms with E-state index in [0.29, 0.717) is 31.2 Å². The van der Waals surface area contributed by atoms with Gasteiger partial charge in [0, 0.05) is 19.5 Å². The van der Waals surface area contributed by atoms with Crippen LogP contribution < -0.4 is 10.1 Å². The predicted molar refractivity (Wildman–Crippen MR) is 140 cm³/mol. The standard InChI is InChI=1S/C30H36N2O3/c1-22(2)19-31-30(34)28(18-25-11-6-5-7-12-25)32(20-26-13-9-8-10-24(26)4)29(33)21-35-27-16-14-23(3)15-17-27/h5-17,22,28H,18-21H2,1-4H3,(H,31,34)/t28-/m1/s1. The molecule has 0 saturated carbocycles. The van der Waals surface area contributed by atoms with Crippen LogP contribution in [0.15, 0.2) is 78.9 Å². The molecule has 0 radical (unpaired) electrons. The van der Waals surface area contributed by atoms with E-state index in [0.717, 1.165) is 22.3 Å². The third-order valence-corrected chi connectivity index (χ3v) is 5.94. The number of benzene rings is 3. The number of aryl methyl sites for hydroxylation is 2. The zero-order valence-corrected chi connectivity index (χ0v) is 21.2. The summed E-state index contributed by atoms with van der Waals surface area (Å²) in [5, 5.41) is 3.04. The lowest BCUT2D eigenvalue weighted by atomic mass is 10.0. The summed E-state index contributed by atoms with van der Waals surface area (Å²) in [6.45, 7) is 8.87. The fourth-order valence-corrected chi connectivity index (χ4v) is 3.81. The minimum absolute atomic E-state index is 0.141. The Morgan fingerprint density at radius 3 is 2.20 bits per heavy atom. The molecule has 5 nitrogen and oxygen atoms in total. The third-order valence-electron chi connectivity index (χ3n) is 5.94. The van der Waals surface area contributed by atoms with Crippen LogP contribution >= 0.6 is 0 Å². The first-order valence-electron chi connectivity index (χ1n) is 12.2. The molecule has 3 aromatic rings. The highest BCUT2D eigenvalue weighted by Gasteiger charge is 2.31. The second kappa shape index (κ2) is 12.7. The van der Waals surface area contributed by atoms with Crippen LogP contribution in [-0.4, -0.2) is 35.9 Å². The molecule has 0 aliphatic heterocycles. The molecule has 184 valence electrons. The van der Waals surface area contributed by atoms with Crippen molar-refractivity contribution < 1.29 is 14.3 Å². The van der Waals surface area contributed by atoms with E-state index in [1.54, 1.807) is 4.90 Å². The van der Waals surface area contributed by atoms with Crippen LogP contribution in [0.25, 0.3) is 0 Å². The summed E-state index contributed by atoms with van der Waals surface area (Å²) in [7, 11) is 0. The van der Waals surface area contributed by atoms with E-state index in [2.05, 4.69) is 19.2 Å². The number of hydrogen-bond acceptors (Lipinski definition) is 3. The van der Waals surface area contributed by atoms with Crippen LogP contribution in [0.5, 0.6) is 5.75 Å². The minimum atomic E-state index is -0.662. The van der Waals surface area contributed by atoms with E-state index in [1.807, 2.05) is 92.7 Å². The van der Waals surface area contributed by atoms with Crippen molar-refractivity contribution in [3.05, 3.63) is 101 Å². The zero-order valence-electron chi connectivity index (χ0n) is 21.2. The van der Waals surface area contributed by atoms with Crippen LogP contribution in [-0.2, 0) is 22.6 Å². The fourth-order valence-electron chi connectivity index (χ4n) is 3.81. The molecule has 0 saturated heterocycles. The SMILES string of the molecule is Cc1ccc(OCC(=O)N(Cc2ccccc2C)[C@H](Cc2ccccc2)C(=O)NCC(C)C)cc1. The predicted octanol–water partition coefficient (Wildman–Crippen LogP) is 5.09. The van der Waals surface area contributed by atoms with Gasteiger partial charge in [0.05, 0.1) is 0 Å². The third kappa shape index (κ3) is 7.99. The summed E-state index contributed by atoms with van der Waals surface area (Å²) in [6, 6.07) is 24.7. The Morgan fingerprint density at radius 2 is 1.54 bits per heavy atom. The summed E-state index contributed by atoms with van der Waals surface area (Å²) >= 11 is 0. The van der Waals surface area contributed by atoms with E-state index in [4.69, 9.17) is 4.74 Å². The van der Waals surface area contributed by atoms with Crippen molar-refractivity contribution in [2.24, 2.45) is 5.92 Å². The summed E-state index contributed by atoms with van der Waals surface area (Å²) < 4.78 is 5.83. The molecule has 0 aliphatic rings. The molecule has 0 spiro atoms. The lowest BCUT2D eigenvalue weighted by molar-refractivity contribution is -0.142. The maximum atomic E-state index is 13.6. The number of ether oxygens (including phenoxy) is 1. The first-order chi connectivity index (χ1) is 16.8. The second-order valence-electron chi connectivity index (χ2n) is 9.39. The van der Waals surface area contributed by atoms with E-state index in [9.17, 15) is 9.59 Å². The second-order valence-corrected chi connectivity index (χ2v) is 9.39. The molecule has 0 heterocycles. The van der Waals surface area contributed by atoms with Crippen LogP contribution in [0.1, 0.15) is 36.1 Å². The molecule has 0 unspecified atom stereocenters. The molecule has 3 aromatic carbocycles. The number of carbonyl (C=O) groups is 2. The van der Waals surface area contributed by atoms with Gasteiger partial charge >= 0.3 is 0 Å². The van der Waals surface area contributed by atoms with Crippen LogP contribution in [0.4, 0.5) is 0 Å². The molecule has 0 aromatic heterocycles. The maximum absolute atomic E-state index is 13.6. The Morgan fingerprint density at radius 1 is 0.886 bits per heavy atom. The van der Waals surface area contributed by atoms with Gasteiger partial charge in [-0.15, -0.1) is 0 Å². The van der Waals surface area contributed by atoms with Crippen molar-refractivity contribution in [2.75, 3.05) is 13.2 Å². The Kier molecular flexibility index (Phi) is 9.47. The van der Waals surface area contributed by atoms with Crippen molar-refractivity contribution in [1.29, 1.82) is 0 Å². The molecule has 0 fully saturated rings. The molecule has 0 bridgehead atoms. The quantitative estimate of drug-likeness (QED) is 0.423. The number of hydrogen-bond donors (Lipinski definition) is 1. The van der Waals surface area contributed by atoms with Gasteiger partial charge in [-0.3, -0.25) is 9.59 Å². The first kappa shape index (κ1) is 26.0. The Bertz CT molecular complexity index is 1090. The largest absolute Gasteiger partial charge is 0.484 e. The smallest absolute Gasteiger partial charge is 0.261 e. The van der Waals surface area contributed by atoms with Gasteiger partial charge in [0.1, 0.15) is 11.8 Å². The van der Waals surface area contributed by atoms with Crippen molar-refractivity contribution in [1.82, 2.24) is 10.2 Å². The van der Waals surface area contributed by atoms with Crippen LogP contribution in [0, 0.1) is 19.8 Å². The lowest BCUT2D eigenvalue weighted by Gasteiger charge is -2.32. The lowest BCUT2D eigenvalue weighted by Crippen LogP contribution is -2.52. The molecule has 1 N–H and O–H groups in total. The topological polar surface area (TPSA) is 58.6 Å². The first-order valence-corrected chi connectivity index (χ1v) is 12.2. The molecule has 0 aliphatic carbocycles. The van der Waals surface area contributed by atoms with Crippen molar-refractivity contribution in [2.45, 2.75) is 46.7 Å². The molecule has 3 rings (SSSR count). The molecule has 35 heavy (non-hydrogen) atoms. The summed E-state index contributed by atoms with van der Waals surface area (Å²) in [6.07, 6.45) is 0.424. The van der Waals surface area contributed by atoms with Gasteiger partial charge in [0.25, 0.3) is 5.91 Å². The van der Waals surface area contributed by atoms with Gasteiger partial charge in [-0.2, -0.15) is 0 Å². The van der Waals surface area contributed by atoms with Gasteiger partial charge in [0.2, 0.25) is 5.91 Å². The average molecular weight is 473 g/mol. The average Bonchev–Trinajstić information content (AvgIpc) is 2.85. The van der Waals surface area contributed by atoms with Gasteiger partial charge in [-0.25, -0.2) is 0 Å². The Labute approximate surface area is 209 Å². The number of nitrogens with zero attached hydrogens (tertiary/aromatic N) is 1. The Balaban J connectivity index is 1.90. The van der Waals surface area contributed by atoms with Crippen molar-refractivity contribution in [3.8, 4) is 5.75 Å². The summed E-state index contributed by atoms with van der Waals surface area (Å²) in [4.78, 5) is 28.7. The van der Waals surface area contributed by atoms with E-state index < -0.39 is 6.04 Å². The van der Waals surface area contributed by atoms with Crippen molar-refractivity contribution >= 4 is 11.8 Å². The molecule has 2 amide bonds. The molecule has 1 atom stereocenters. The Hall–Kier alpha value is -3.60. The monoisotopic (exact) mass is 472 g/mol. The number of nitrogens with one attached hydrogen (secondary N) is 1. The van der Waals surface area contributed by atoms with Gasteiger partial charge in [0.15, 0.2) is 6.61 Å². The van der Waals surface area contributed by atoms with Crippen molar-refractivity contribution in [3.63, 3.8) is 0 Å². The van der Waals surface area contributed by atoms with Gasteiger partial charge < -0.3 is 15.0 Å². The highest BCUT2D eigenvalue weighted by Crippen LogP contribution is 2.18. The van der Waals surface area contributed by atoms with Crippen LogP contribution in [0.3, 0.4) is 0 Å². The molecular formula is C30H36N2O3. The number of amides is 2. The highest BCUT2D eigenvalue weighted by molar-refractivity contribution is 5.88. The van der Waals surface area contributed by atoms with Gasteiger partial charge in [-0.1, -0.05) is 86.1 Å². The van der Waals surface area contributed by atoms with E-state index in [1.165, 1.54) is 0 Å². The van der Waals surface area contributed by atoms with Crippen LogP contribution in [0.2, 0.25) is 0 Å². The molecule has 5 heteroatoms. The summed E-state index contributed by atoms with van der Waals surface area (Å²) in [5.74, 6) is 0.555. The summed E-state index contributed by atoms with van der Waals surface area (Å²) in [5.41, 5.74) is 4.20. The fraction of sp³-hybridized carbons (Fsp3) is 0.333. The zero-order chi connectivity index (χ0) is 25.2. The maximum Gasteiger partial charge on any atom is 0.261 e. The number of rotatable bonds is 11. The van der Waals surface area contributed by atoms with Gasteiger partial charge in [-0.05, 0) is 48.6 Å².